The lowest BCUT2D eigenvalue weighted by Crippen LogP contribution is -2.14. The Morgan fingerprint density at radius 3 is 2.62 bits per heavy atom. The Balaban J connectivity index is 2.37. The summed E-state index contributed by atoms with van der Waals surface area (Å²) in [6, 6.07) is 11.4. The molecule has 2 aromatic carbocycles. The Hall–Kier alpha value is -2.21. The average molecular weight is 306 g/mol. The maximum absolute atomic E-state index is 12.4. The van der Waals surface area contributed by atoms with Crippen LogP contribution in [0.5, 0.6) is 5.75 Å². The highest BCUT2D eigenvalue weighted by Gasteiger charge is 2.16. The third-order valence-corrected chi connectivity index (χ3v) is 4.21. The Morgan fingerprint density at radius 1 is 1.19 bits per heavy atom. The molecule has 112 valence electrons. The SMILES string of the molecule is CCOc1cc(C)ccc1NS(=O)(=O)c1cccc(N)c1. The second-order valence-electron chi connectivity index (χ2n) is 4.61. The standard InChI is InChI=1S/C15H18N2O3S/c1-3-20-15-9-11(2)7-8-14(15)17-21(18,19)13-6-4-5-12(16)10-13/h4-10,17H,3,16H2,1-2H3. The molecular weight excluding hydrogens is 288 g/mol. The topological polar surface area (TPSA) is 81.4 Å². The first-order chi connectivity index (χ1) is 9.92. The lowest BCUT2D eigenvalue weighted by Gasteiger charge is -2.13. The first-order valence-corrected chi connectivity index (χ1v) is 8.02. The van der Waals surface area contributed by atoms with E-state index in [0.717, 1.165) is 5.56 Å². The van der Waals surface area contributed by atoms with E-state index in [1.54, 1.807) is 24.3 Å². The van der Waals surface area contributed by atoms with Crippen molar-refractivity contribution in [2.75, 3.05) is 17.1 Å². The molecule has 0 aliphatic rings. The second-order valence-corrected chi connectivity index (χ2v) is 6.29. The zero-order valence-corrected chi connectivity index (χ0v) is 12.8. The zero-order chi connectivity index (χ0) is 15.5. The predicted molar refractivity (Wildman–Crippen MR) is 84.0 cm³/mol. The minimum Gasteiger partial charge on any atom is -0.492 e. The van der Waals surface area contributed by atoms with E-state index in [0.29, 0.717) is 23.7 Å². The number of sulfonamides is 1. The van der Waals surface area contributed by atoms with Crippen LogP contribution in [-0.4, -0.2) is 15.0 Å². The number of nitrogens with two attached hydrogens (primary N) is 1. The first kappa shape index (κ1) is 15.2. The second kappa shape index (κ2) is 6.05. The van der Waals surface area contributed by atoms with Crippen LogP contribution in [0.15, 0.2) is 47.4 Å². The molecule has 3 N–H and O–H groups in total. The molecule has 21 heavy (non-hydrogen) atoms. The molecule has 0 heterocycles. The van der Waals surface area contributed by atoms with Gasteiger partial charge in [0, 0.05) is 5.69 Å². The molecular formula is C15H18N2O3S. The summed E-state index contributed by atoms with van der Waals surface area (Å²) in [5.74, 6) is 0.505. The molecule has 0 bridgehead atoms. The van der Waals surface area contributed by atoms with Gasteiger partial charge in [0.25, 0.3) is 10.0 Å². The number of anilines is 2. The number of hydrogen-bond acceptors (Lipinski definition) is 4. The minimum absolute atomic E-state index is 0.116. The van der Waals surface area contributed by atoms with E-state index in [4.69, 9.17) is 10.5 Å². The summed E-state index contributed by atoms with van der Waals surface area (Å²) in [4.78, 5) is 0.116. The smallest absolute Gasteiger partial charge is 0.262 e. The third kappa shape index (κ3) is 3.66. The van der Waals surface area contributed by atoms with Gasteiger partial charge in [-0.15, -0.1) is 0 Å². The molecule has 0 radical (unpaired) electrons. The van der Waals surface area contributed by atoms with Gasteiger partial charge in [0.15, 0.2) is 0 Å². The molecule has 0 saturated carbocycles. The number of nitrogen functional groups attached to an aromatic ring is 1. The maximum Gasteiger partial charge on any atom is 0.262 e. The van der Waals surface area contributed by atoms with Crippen molar-refractivity contribution in [1.82, 2.24) is 0 Å². The largest absolute Gasteiger partial charge is 0.492 e. The highest BCUT2D eigenvalue weighted by Crippen LogP contribution is 2.28. The van der Waals surface area contributed by atoms with Crippen LogP contribution in [0, 0.1) is 6.92 Å². The molecule has 2 aromatic rings. The summed E-state index contributed by atoms with van der Waals surface area (Å²) in [6.45, 7) is 4.22. The van der Waals surface area contributed by atoms with E-state index in [9.17, 15) is 8.42 Å². The Morgan fingerprint density at radius 2 is 1.95 bits per heavy atom. The van der Waals surface area contributed by atoms with Crippen LogP contribution in [0.2, 0.25) is 0 Å². The Bertz CT molecular complexity index is 742. The van der Waals surface area contributed by atoms with Gasteiger partial charge in [0.2, 0.25) is 0 Å². The van der Waals surface area contributed by atoms with Crippen LogP contribution in [-0.2, 0) is 10.0 Å². The Labute approximate surface area is 124 Å². The van der Waals surface area contributed by atoms with E-state index in [1.165, 1.54) is 12.1 Å². The number of nitrogens with one attached hydrogen (secondary N) is 1. The van der Waals surface area contributed by atoms with Gasteiger partial charge in [-0.25, -0.2) is 8.42 Å². The van der Waals surface area contributed by atoms with E-state index in [1.807, 2.05) is 19.9 Å². The molecule has 0 fully saturated rings. The molecule has 0 atom stereocenters. The van der Waals surface area contributed by atoms with Gasteiger partial charge < -0.3 is 10.5 Å². The summed E-state index contributed by atoms with van der Waals surface area (Å²) >= 11 is 0. The minimum atomic E-state index is -3.70. The van der Waals surface area contributed by atoms with E-state index < -0.39 is 10.0 Å². The number of rotatable bonds is 5. The zero-order valence-electron chi connectivity index (χ0n) is 12.0. The molecule has 0 unspecified atom stereocenters. The van der Waals surface area contributed by atoms with Crippen LogP contribution < -0.4 is 15.2 Å². The van der Waals surface area contributed by atoms with Gasteiger partial charge in [-0.1, -0.05) is 12.1 Å². The quantitative estimate of drug-likeness (QED) is 0.832. The van der Waals surface area contributed by atoms with Crippen molar-refractivity contribution in [2.45, 2.75) is 18.7 Å². The van der Waals surface area contributed by atoms with Gasteiger partial charge in [-0.3, -0.25) is 4.72 Å². The fraction of sp³-hybridized carbons (Fsp3) is 0.200. The van der Waals surface area contributed by atoms with Crippen LogP contribution in [0.25, 0.3) is 0 Å². The van der Waals surface area contributed by atoms with Crippen LogP contribution in [0.3, 0.4) is 0 Å². The highest BCUT2D eigenvalue weighted by atomic mass is 32.2. The molecule has 0 spiro atoms. The summed E-state index contributed by atoms with van der Waals surface area (Å²) in [6.07, 6.45) is 0. The molecule has 0 saturated heterocycles. The summed E-state index contributed by atoms with van der Waals surface area (Å²) < 4.78 is 32.8. The molecule has 6 heteroatoms. The van der Waals surface area contributed by atoms with Crippen molar-refractivity contribution in [3.8, 4) is 5.75 Å². The van der Waals surface area contributed by atoms with Crippen LogP contribution >= 0.6 is 0 Å². The molecule has 0 amide bonds. The molecule has 0 aromatic heterocycles. The summed E-state index contributed by atoms with van der Waals surface area (Å²) in [7, 11) is -3.70. The predicted octanol–water partition coefficient (Wildman–Crippen LogP) is 2.78. The normalized spacial score (nSPS) is 11.1. The van der Waals surface area contributed by atoms with Gasteiger partial charge in [-0.2, -0.15) is 0 Å². The fourth-order valence-corrected chi connectivity index (χ4v) is 3.00. The first-order valence-electron chi connectivity index (χ1n) is 6.54. The van der Waals surface area contributed by atoms with Gasteiger partial charge in [0.05, 0.1) is 17.2 Å². The van der Waals surface area contributed by atoms with E-state index in [-0.39, 0.29) is 4.90 Å². The molecule has 0 aliphatic carbocycles. The number of aryl methyl sites for hydroxylation is 1. The van der Waals surface area contributed by atoms with Crippen molar-refractivity contribution in [2.24, 2.45) is 0 Å². The number of hydrogen-bond donors (Lipinski definition) is 2. The summed E-state index contributed by atoms with van der Waals surface area (Å²) in [5.41, 5.74) is 7.42. The molecule has 2 rings (SSSR count). The van der Waals surface area contributed by atoms with E-state index >= 15 is 0 Å². The maximum atomic E-state index is 12.4. The molecule has 5 nitrogen and oxygen atoms in total. The monoisotopic (exact) mass is 306 g/mol. The van der Waals surface area contributed by atoms with Gasteiger partial charge in [0.1, 0.15) is 5.75 Å². The van der Waals surface area contributed by atoms with E-state index in [2.05, 4.69) is 4.72 Å². The Kier molecular flexibility index (Phi) is 4.37. The third-order valence-electron chi connectivity index (χ3n) is 2.85. The van der Waals surface area contributed by atoms with Crippen molar-refractivity contribution >= 4 is 21.4 Å². The lowest BCUT2D eigenvalue weighted by atomic mass is 10.2. The van der Waals surface area contributed by atoms with Crippen molar-refractivity contribution in [3.63, 3.8) is 0 Å². The average Bonchev–Trinajstić information content (AvgIpc) is 2.42. The van der Waals surface area contributed by atoms with Crippen molar-refractivity contribution in [1.29, 1.82) is 0 Å². The number of ether oxygens (including phenoxy) is 1. The van der Waals surface area contributed by atoms with Crippen LogP contribution in [0.1, 0.15) is 12.5 Å². The van der Waals surface area contributed by atoms with Gasteiger partial charge in [-0.05, 0) is 49.7 Å². The lowest BCUT2D eigenvalue weighted by molar-refractivity contribution is 0.342. The fourth-order valence-electron chi connectivity index (χ4n) is 1.87. The van der Waals surface area contributed by atoms with Crippen molar-refractivity contribution < 1.29 is 13.2 Å². The van der Waals surface area contributed by atoms with Crippen molar-refractivity contribution in [3.05, 3.63) is 48.0 Å². The van der Waals surface area contributed by atoms with Gasteiger partial charge >= 0.3 is 0 Å². The highest BCUT2D eigenvalue weighted by molar-refractivity contribution is 7.92. The van der Waals surface area contributed by atoms with Crippen LogP contribution in [0.4, 0.5) is 11.4 Å². The number of benzene rings is 2. The summed E-state index contributed by atoms with van der Waals surface area (Å²) in [5, 5.41) is 0. The molecule has 0 aliphatic heterocycles.